The van der Waals surface area contributed by atoms with E-state index in [2.05, 4.69) is 0 Å². The van der Waals surface area contributed by atoms with Crippen molar-refractivity contribution in [2.24, 2.45) is 0 Å². The fraction of sp³-hybridized carbons (Fsp3) is 0.375. The van der Waals surface area contributed by atoms with E-state index in [0.717, 1.165) is 7.11 Å². The molecule has 0 saturated carbocycles. The molecule has 0 amide bonds. The first-order chi connectivity index (χ1) is 14.8. The summed E-state index contributed by atoms with van der Waals surface area (Å²) in [4.78, 5) is 13.0. The molecular formula is C24H27F3O4. The highest BCUT2D eigenvalue weighted by Gasteiger charge is 2.64. The largest absolute Gasteiger partial charge is 0.454 e. The molecule has 2 rings (SSSR count). The average molecular weight is 436 g/mol. The summed E-state index contributed by atoms with van der Waals surface area (Å²) >= 11 is 0. The van der Waals surface area contributed by atoms with Gasteiger partial charge in [-0.1, -0.05) is 72.8 Å². The van der Waals surface area contributed by atoms with E-state index in [1.807, 2.05) is 13.0 Å². The minimum atomic E-state index is -5.02. The van der Waals surface area contributed by atoms with Crippen LogP contribution in [0.3, 0.4) is 0 Å². The van der Waals surface area contributed by atoms with E-state index < -0.39 is 23.9 Å². The number of benzene rings is 2. The Hall–Kier alpha value is -2.64. The highest BCUT2D eigenvalue weighted by Crippen LogP contribution is 2.44. The van der Waals surface area contributed by atoms with Crippen molar-refractivity contribution in [2.75, 3.05) is 14.2 Å². The Kier molecular flexibility index (Phi) is 8.83. The lowest BCUT2D eigenvalue weighted by atomic mass is 9.92. The summed E-state index contributed by atoms with van der Waals surface area (Å²) in [5, 5.41) is 0. The highest BCUT2D eigenvalue weighted by atomic mass is 19.4. The molecule has 168 valence electrons. The van der Waals surface area contributed by atoms with Gasteiger partial charge < -0.3 is 14.2 Å². The lowest BCUT2D eigenvalue weighted by Crippen LogP contribution is -2.52. The quantitative estimate of drug-likeness (QED) is 0.352. The first kappa shape index (κ1) is 24.6. The normalized spacial score (nSPS) is 15.9. The molecule has 0 radical (unpaired) electrons. The summed E-state index contributed by atoms with van der Waals surface area (Å²) in [6.45, 7) is 1.90. The molecule has 2 aromatic carbocycles. The fourth-order valence-corrected chi connectivity index (χ4v) is 3.12. The van der Waals surface area contributed by atoms with Crippen molar-refractivity contribution >= 4 is 5.97 Å². The Balaban J connectivity index is 2.35. The van der Waals surface area contributed by atoms with E-state index in [1.54, 1.807) is 49.6 Å². The Labute approximate surface area is 180 Å². The van der Waals surface area contributed by atoms with E-state index in [9.17, 15) is 18.0 Å². The first-order valence-corrected chi connectivity index (χ1v) is 9.87. The number of ether oxygens (including phenoxy) is 3. The van der Waals surface area contributed by atoms with E-state index in [-0.39, 0.29) is 18.1 Å². The lowest BCUT2D eigenvalue weighted by molar-refractivity contribution is -0.278. The molecule has 2 aromatic rings. The molecule has 0 saturated heterocycles. The van der Waals surface area contributed by atoms with Crippen LogP contribution in [-0.4, -0.2) is 32.5 Å². The molecule has 4 nitrogen and oxygen atoms in total. The van der Waals surface area contributed by atoms with Crippen molar-refractivity contribution in [3.05, 3.63) is 83.9 Å². The van der Waals surface area contributed by atoms with Gasteiger partial charge in [-0.3, -0.25) is 0 Å². The summed E-state index contributed by atoms with van der Waals surface area (Å²) in [6, 6.07) is 15.4. The van der Waals surface area contributed by atoms with Gasteiger partial charge in [0.15, 0.2) is 0 Å². The smallest absolute Gasteiger partial charge is 0.432 e. The van der Waals surface area contributed by atoms with Crippen LogP contribution in [0.25, 0.3) is 0 Å². The Bertz CT molecular complexity index is 837. The predicted molar refractivity (Wildman–Crippen MR) is 111 cm³/mol. The van der Waals surface area contributed by atoms with Crippen LogP contribution in [0.2, 0.25) is 0 Å². The van der Waals surface area contributed by atoms with Crippen LogP contribution < -0.4 is 0 Å². The maximum atomic E-state index is 14.1. The van der Waals surface area contributed by atoms with Crippen LogP contribution >= 0.6 is 0 Å². The second kappa shape index (κ2) is 11.1. The van der Waals surface area contributed by atoms with Crippen molar-refractivity contribution in [1.29, 1.82) is 0 Å². The SMILES string of the molecule is CO[C@H](C)C/C=C\C[C@@H](OC(=O)[C@@](OC)(c1ccccc1)C(F)(F)F)c1ccccc1. The molecule has 0 bridgehead atoms. The zero-order valence-electron chi connectivity index (χ0n) is 17.8. The van der Waals surface area contributed by atoms with Crippen LogP contribution in [0.1, 0.15) is 37.0 Å². The number of alkyl halides is 3. The second-order valence-electron chi connectivity index (χ2n) is 7.04. The van der Waals surface area contributed by atoms with E-state index in [1.165, 1.54) is 24.3 Å². The minimum absolute atomic E-state index is 0.00146. The van der Waals surface area contributed by atoms with Gasteiger partial charge in [-0.25, -0.2) is 4.79 Å². The number of rotatable bonds is 10. The zero-order valence-corrected chi connectivity index (χ0v) is 17.8. The molecule has 0 aliphatic carbocycles. The molecule has 0 spiro atoms. The fourth-order valence-electron chi connectivity index (χ4n) is 3.12. The lowest BCUT2D eigenvalue weighted by Gasteiger charge is -2.33. The van der Waals surface area contributed by atoms with E-state index in [0.29, 0.717) is 12.0 Å². The van der Waals surface area contributed by atoms with Crippen molar-refractivity contribution in [1.82, 2.24) is 0 Å². The third kappa shape index (κ3) is 5.95. The molecule has 0 N–H and O–H groups in total. The Morgan fingerprint density at radius 2 is 1.48 bits per heavy atom. The molecule has 3 atom stereocenters. The van der Waals surface area contributed by atoms with Gasteiger partial charge >= 0.3 is 12.1 Å². The molecular weight excluding hydrogens is 409 g/mol. The molecule has 0 aliphatic heterocycles. The molecule has 0 fully saturated rings. The first-order valence-electron chi connectivity index (χ1n) is 9.87. The predicted octanol–water partition coefficient (Wildman–Crippen LogP) is 5.75. The third-order valence-electron chi connectivity index (χ3n) is 4.98. The van der Waals surface area contributed by atoms with Crippen molar-refractivity contribution in [3.63, 3.8) is 0 Å². The van der Waals surface area contributed by atoms with E-state index in [4.69, 9.17) is 14.2 Å². The molecule has 0 heterocycles. The Morgan fingerprint density at radius 3 is 2.00 bits per heavy atom. The van der Waals surface area contributed by atoms with Gasteiger partial charge in [0.2, 0.25) is 0 Å². The molecule has 0 aromatic heterocycles. The van der Waals surface area contributed by atoms with Crippen LogP contribution in [-0.2, 0) is 24.6 Å². The molecule has 0 unspecified atom stereocenters. The summed E-state index contributed by atoms with van der Waals surface area (Å²) in [7, 11) is 2.45. The van der Waals surface area contributed by atoms with Gasteiger partial charge in [0.05, 0.1) is 6.10 Å². The average Bonchev–Trinajstić information content (AvgIpc) is 2.76. The van der Waals surface area contributed by atoms with Crippen LogP contribution in [0, 0.1) is 0 Å². The number of hydrogen-bond acceptors (Lipinski definition) is 4. The maximum absolute atomic E-state index is 14.1. The maximum Gasteiger partial charge on any atom is 0.432 e. The number of methoxy groups -OCH3 is 2. The van der Waals surface area contributed by atoms with Gasteiger partial charge in [-0.05, 0) is 18.9 Å². The summed E-state index contributed by atoms with van der Waals surface area (Å²) < 4.78 is 57.9. The van der Waals surface area contributed by atoms with Gasteiger partial charge in [0, 0.05) is 26.2 Å². The minimum Gasteiger partial charge on any atom is -0.454 e. The van der Waals surface area contributed by atoms with Crippen molar-refractivity contribution in [2.45, 2.75) is 43.8 Å². The standard InChI is InChI=1S/C24H27F3O4/c1-18(29-2)12-10-11-17-21(19-13-6-4-7-14-19)31-22(28)23(30-3,24(25,26)27)20-15-8-5-9-16-20/h4-11,13-16,18,21H,12,17H2,1-3H3/b11-10-/t18-,21-,23+/m1/s1. The van der Waals surface area contributed by atoms with Crippen molar-refractivity contribution in [3.8, 4) is 0 Å². The van der Waals surface area contributed by atoms with Crippen LogP contribution in [0.4, 0.5) is 13.2 Å². The van der Waals surface area contributed by atoms with Gasteiger partial charge in [-0.2, -0.15) is 13.2 Å². The summed E-state index contributed by atoms with van der Waals surface area (Å²) in [5.41, 5.74) is -2.98. The number of hydrogen-bond donors (Lipinski definition) is 0. The monoisotopic (exact) mass is 436 g/mol. The van der Waals surface area contributed by atoms with Gasteiger partial charge in [-0.15, -0.1) is 0 Å². The van der Waals surface area contributed by atoms with Gasteiger partial charge in [0.1, 0.15) is 6.10 Å². The summed E-state index contributed by atoms with van der Waals surface area (Å²) in [5.74, 6) is -1.51. The molecule has 0 aliphatic rings. The number of carbonyl (C=O) groups is 1. The summed E-state index contributed by atoms with van der Waals surface area (Å²) in [6.07, 6.45) is -1.49. The second-order valence-corrected chi connectivity index (χ2v) is 7.04. The van der Waals surface area contributed by atoms with Crippen LogP contribution in [0.5, 0.6) is 0 Å². The highest BCUT2D eigenvalue weighted by molar-refractivity contribution is 5.83. The zero-order chi connectivity index (χ0) is 22.9. The topological polar surface area (TPSA) is 44.8 Å². The molecule has 7 heteroatoms. The van der Waals surface area contributed by atoms with Crippen LogP contribution in [0.15, 0.2) is 72.8 Å². The molecule has 31 heavy (non-hydrogen) atoms. The van der Waals surface area contributed by atoms with Crippen molar-refractivity contribution < 1.29 is 32.2 Å². The Morgan fingerprint density at radius 1 is 0.935 bits per heavy atom. The third-order valence-corrected chi connectivity index (χ3v) is 4.98. The number of carbonyl (C=O) groups excluding carboxylic acids is 1. The number of esters is 1. The number of halogens is 3. The van der Waals surface area contributed by atoms with Gasteiger partial charge in [0.25, 0.3) is 5.60 Å². The van der Waals surface area contributed by atoms with E-state index >= 15 is 0 Å².